The number of fused-ring (bicyclic) bond motifs is 16. The van der Waals surface area contributed by atoms with Gasteiger partial charge in [0.15, 0.2) is 0 Å². The first-order valence-electron chi connectivity index (χ1n) is 16.1. The third kappa shape index (κ3) is 3.40. The Balaban J connectivity index is 1.42. The number of aromatic nitrogens is 4. The Hall–Kier alpha value is -6.17. The molecule has 0 bridgehead atoms. The van der Waals surface area contributed by atoms with Gasteiger partial charge in [0, 0.05) is 54.2 Å². The van der Waals surface area contributed by atoms with Gasteiger partial charge >= 0.3 is 0 Å². The summed E-state index contributed by atoms with van der Waals surface area (Å²) in [5, 5.41) is 11.6. The largest absolute Gasteiger partial charge is 0.277 e. The third-order valence-corrected chi connectivity index (χ3v) is 11.0. The lowest BCUT2D eigenvalue weighted by Crippen LogP contribution is -2.04. The first-order valence-corrected chi connectivity index (χ1v) is 16.9. The van der Waals surface area contributed by atoms with Crippen molar-refractivity contribution in [3.8, 4) is 17.2 Å². The van der Waals surface area contributed by atoms with E-state index < -0.39 is 0 Å². The lowest BCUT2D eigenvalue weighted by Gasteiger charge is -2.16. The Morgan fingerprint density at radius 1 is 0.458 bits per heavy atom. The minimum atomic E-state index is 0.660. The van der Waals surface area contributed by atoms with E-state index in [-0.39, 0.29) is 0 Å². The number of para-hydroxylation sites is 1. The van der Waals surface area contributed by atoms with E-state index in [1.54, 1.807) is 0 Å². The number of pyridine rings is 1. The molecule has 0 amide bonds. The average molecular weight is 629 g/mol. The lowest BCUT2D eigenvalue weighted by molar-refractivity contribution is 1.02. The van der Waals surface area contributed by atoms with Crippen LogP contribution in [0.5, 0.6) is 0 Å². The van der Waals surface area contributed by atoms with Gasteiger partial charge in [-0.2, -0.15) is 0 Å². The maximum Gasteiger partial charge on any atom is 0.235 e. The highest BCUT2D eigenvalue weighted by Crippen LogP contribution is 2.47. The summed E-state index contributed by atoms with van der Waals surface area (Å²) < 4.78 is 4.74. The molecule has 0 atom stereocenters. The maximum atomic E-state index is 5.57. The predicted octanol–water partition coefficient (Wildman–Crippen LogP) is 11.6. The fourth-order valence-corrected chi connectivity index (χ4v) is 9.07. The molecule has 11 rings (SSSR count). The molecule has 0 saturated carbocycles. The molecule has 0 radical (unpaired) electrons. The Labute approximate surface area is 278 Å². The van der Waals surface area contributed by atoms with Crippen LogP contribution in [0.1, 0.15) is 0 Å². The van der Waals surface area contributed by atoms with Gasteiger partial charge in [-0.1, -0.05) is 121 Å². The molecular weight excluding hydrogens is 605 g/mol. The molecule has 0 N–H and O–H groups in total. The van der Waals surface area contributed by atoms with E-state index in [1.807, 2.05) is 23.6 Å². The highest BCUT2D eigenvalue weighted by atomic mass is 32.1. The van der Waals surface area contributed by atoms with E-state index in [9.17, 15) is 0 Å². The molecular formula is C43H24N4S. The van der Waals surface area contributed by atoms with Gasteiger partial charge in [0.2, 0.25) is 5.95 Å². The number of hydrogen-bond acceptors (Lipinski definition) is 4. The smallest absolute Gasteiger partial charge is 0.235 e. The van der Waals surface area contributed by atoms with Crippen LogP contribution in [0.2, 0.25) is 0 Å². The highest BCUT2D eigenvalue weighted by molar-refractivity contribution is 7.26. The van der Waals surface area contributed by atoms with Crippen molar-refractivity contribution < 1.29 is 0 Å². The van der Waals surface area contributed by atoms with Crippen LogP contribution in [0, 0.1) is 0 Å². The Morgan fingerprint density at radius 2 is 1.10 bits per heavy atom. The second-order valence-electron chi connectivity index (χ2n) is 12.3. The molecule has 4 aromatic heterocycles. The summed E-state index contributed by atoms with van der Waals surface area (Å²) in [6.45, 7) is 0. The van der Waals surface area contributed by atoms with E-state index in [4.69, 9.17) is 15.0 Å². The van der Waals surface area contributed by atoms with Gasteiger partial charge in [-0.3, -0.25) is 9.55 Å². The lowest BCUT2D eigenvalue weighted by atomic mass is 9.94. The van der Waals surface area contributed by atoms with Crippen molar-refractivity contribution in [1.29, 1.82) is 0 Å². The van der Waals surface area contributed by atoms with Crippen molar-refractivity contribution in [3.05, 3.63) is 146 Å². The highest BCUT2D eigenvalue weighted by Gasteiger charge is 2.25. The van der Waals surface area contributed by atoms with Crippen LogP contribution in [0.4, 0.5) is 0 Å². The number of hydrogen-bond donors (Lipinski definition) is 0. The van der Waals surface area contributed by atoms with Crippen LogP contribution in [-0.2, 0) is 0 Å². The number of benzene rings is 7. The van der Waals surface area contributed by atoms with E-state index in [0.29, 0.717) is 5.95 Å². The first kappa shape index (κ1) is 26.0. The van der Waals surface area contributed by atoms with Crippen LogP contribution < -0.4 is 0 Å². The first-order chi connectivity index (χ1) is 23.8. The van der Waals surface area contributed by atoms with Crippen LogP contribution in [0.3, 0.4) is 0 Å². The Kier molecular flexibility index (Phi) is 5.23. The monoisotopic (exact) mass is 628 g/mol. The predicted molar refractivity (Wildman–Crippen MR) is 203 cm³/mol. The van der Waals surface area contributed by atoms with Crippen molar-refractivity contribution in [1.82, 2.24) is 19.5 Å². The molecule has 0 unspecified atom stereocenters. The van der Waals surface area contributed by atoms with Gasteiger partial charge in [0.1, 0.15) is 0 Å². The summed E-state index contributed by atoms with van der Waals surface area (Å²) in [7, 11) is 0. The van der Waals surface area contributed by atoms with E-state index in [2.05, 4.69) is 138 Å². The fourth-order valence-electron chi connectivity index (χ4n) is 7.86. The van der Waals surface area contributed by atoms with Crippen molar-refractivity contribution in [2.24, 2.45) is 0 Å². The van der Waals surface area contributed by atoms with E-state index in [0.717, 1.165) is 60.3 Å². The maximum absolute atomic E-state index is 5.57. The molecule has 222 valence electrons. The number of thiophene rings is 1. The standard InChI is InChI=1S/C43H24N4S/c1-2-13-25(14-3-1)38-36-28-17-6-4-15-26(28)27-16-5-7-18-29(27)39(36)46-43(45-38)47-33-22-10-8-19-30(33)35-32-21-12-24-44-40(32)42-37(41(35)47)31-20-9-11-23-34(31)48-42/h1-24H. The minimum absolute atomic E-state index is 0.660. The molecule has 0 aliphatic heterocycles. The molecule has 4 heterocycles. The van der Waals surface area contributed by atoms with Crippen molar-refractivity contribution in [2.45, 2.75) is 0 Å². The molecule has 0 aliphatic rings. The Morgan fingerprint density at radius 3 is 1.94 bits per heavy atom. The summed E-state index contributed by atoms with van der Waals surface area (Å²) >= 11 is 1.81. The number of rotatable bonds is 2. The summed E-state index contributed by atoms with van der Waals surface area (Å²) in [4.78, 5) is 16.1. The Bertz CT molecular complexity index is 3120. The average Bonchev–Trinajstić information content (AvgIpc) is 3.72. The van der Waals surface area contributed by atoms with Gasteiger partial charge < -0.3 is 0 Å². The number of nitrogens with zero attached hydrogens (tertiary/aromatic N) is 4. The molecule has 4 nitrogen and oxygen atoms in total. The summed E-state index contributed by atoms with van der Waals surface area (Å²) in [5.74, 6) is 0.660. The minimum Gasteiger partial charge on any atom is -0.277 e. The molecule has 7 aromatic carbocycles. The molecule has 0 spiro atoms. The van der Waals surface area contributed by atoms with Gasteiger partial charge in [0.05, 0.1) is 32.5 Å². The molecule has 0 saturated heterocycles. The molecule has 48 heavy (non-hydrogen) atoms. The molecule has 0 fully saturated rings. The molecule has 11 aromatic rings. The molecule has 0 aliphatic carbocycles. The summed E-state index contributed by atoms with van der Waals surface area (Å²) in [6, 6.07) is 49.5. The summed E-state index contributed by atoms with van der Waals surface area (Å²) in [6.07, 6.45) is 1.91. The van der Waals surface area contributed by atoms with Crippen molar-refractivity contribution in [2.75, 3.05) is 0 Å². The SMILES string of the molecule is c1ccc(-c2nc(-n3c4ccccc4c4c5cccnc5c5sc6ccccc6c5c43)nc3c4ccccc4c4ccccc4c23)cc1. The zero-order valence-electron chi connectivity index (χ0n) is 25.6. The van der Waals surface area contributed by atoms with Crippen molar-refractivity contribution >= 4 is 96.7 Å². The fraction of sp³-hybridized carbons (Fsp3) is 0. The van der Waals surface area contributed by atoms with Gasteiger partial charge in [-0.05, 0) is 34.4 Å². The van der Waals surface area contributed by atoms with Crippen LogP contribution in [0.25, 0.3) is 103 Å². The van der Waals surface area contributed by atoms with Gasteiger partial charge in [0.25, 0.3) is 0 Å². The van der Waals surface area contributed by atoms with Gasteiger partial charge in [-0.25, -0.2) is 9.97 Å². The van der Waals surface area contributed by atoms with Crippen LogP contribution >= 0.6 is 11.3 Å². The quantitative estimate of drug-likeness (QED) is 0.179. The van der Waals surface area contributed by atoms with E-state index in [1.165, 1.54) is 36.3 Å². The zero-order chi connectivity index (χ0) is 31.3. The van der Waals surface area contributed by atoms with Crippen molar-refractivity contribution in [3.63, 3.8) is 0 Å². The summed E-state index contributed by atoms with van der Waals surface area (Å²) in [5.41, 5.74) is 6.17. The van der Waals surface area contributed by atoms with Crippen LogP contribution in [0.15, 0.2) is 146 Å². The second kappa shape index (κ2) is 9.67. The topological polar surface area (TPSA) is 43.6 Å². The normalized spacial score (nSPS) is 12.2. The zero-order valence-corrected chi connectivity index (χ0v) is 26.4. The van der Waals surface area contributed by atoms with E-state index >= 15 is 0 Å². The second-order valence-corrected chi connectivity index (χ2v) is 13.4. The molecule has 5 heteroatoms. The third-order valence-electron chi connectivity index (χ3n) is 9.81. The van der Waals surface area contributed by atoms with Gasteiger partial charge in [-0.15, -0.1) is 11.3 Å². The van der Waals surface area contributed by atoms with Crippen LogP contribution in [-0.4, -0.2) is 19.5 Å².